The summed E-state index contributed by atoms with van der Waals surface area (Å²) < 4.78 is 34.7. The van der Waals surface area contributed by atoms with Gasteiger partial charge in [-0.1, -0.05) is 49.4 Å². The second kappa shape index (κ2) is 10.8. The number of nitrogens with one attached hydrogen (secondary N) is 1. The van der Waals surface area contributed by atoms with Crippen molar-refractivity contribution < 1.29 is 18.3 Å². The predicted molar refractivity (Wildman–Crippen MR) is 107 cm³/mol. The van der Waals surface area contributed by atoms with Crippen molar-refractivity contribution in [2.24, 2.45) is 0 Å². The van der Waals surface area contributed by atoms with Crippen molar-refractivity contribution in [2.45, 2.75) is 32.8 Å². The summed E-state index contributed by atoms with van der Waals surface area (Å²) in [6.07, 6.45) is 0.839. The van der Waals surface area contributed by atoms with Crippen LogP contribution in [0.5, 0.6) is 5.75 Å². The van der Waals surface area contributed by atoms with Crippen LogP contribution in [0.1, 0.15) is 31.4 Å². The Hall–Kier alpha value is -2.47. The Labute approximate surface area is 165 Å². The van der Waals surface area contributed by atoms with Gasteiger partial charge in [0.1, 0.15) is 12.4 Å². The van der Waals surface area contributed by atoms with E-state index in [1.165, 1.54) is 12.1 Å². The first-order chi connectivity index (χ1) is 13.5. The van der Waals surface area contributed by atoms with E-state index < -0.39 is 12.5 Å². The van der Waals surface area contributed by atoms with Crippen LogP contribution in [0.4, 0.5) is 8.78 Å². The smallest absolute Gasteiger partial charge is 0.285 e. The summed E-state index contributed by atoms with van der Waals surface area (Å²) in [6.45, 7) is 4.66. The molecule has 0 atom stereocenters. The summed E-state index contributed by atoms with van der Waals surface area (Å²) in [5.74, 6) is -2.88. The fraction of sp³-hybridized carbons (Fsp3) is 0.409. The molecule has 28 heavy (non-hydrogen) atoms. The number of carbonyl (C=O) groups is 1. The van der Waals surface area contributed by atoms with E-state index in [-0.39, 0.29) is 18.0 Å². The van der Waals surface area contributed by atoms with E-state index in [1.807, 2.05) is 44.2 Å². The van der Waals surface area contributed by atoms with Crippen molar-refractivity contribution in [1.82, 2.24) is 10.2 Å². The average Bonchev–Trinajstić information content (AvgIpc) is 2.71. The summed E-state index contributed by atoms with van der Waals surface area (Å²) in [4.78, 5) is 13.7. The number of ether oxygens (including phenoxy) is 1. The van der Waals surface area contributed by atoms with Crippen molar-refractivity contribution >= 4 is 5.91 Å². The van der Waals surface area contributed by atoms with E-state index in [0.717, 1.165) is 12.0 Å². The molecule has 1 N–H and O–H groups in total. The van der Waals surface area contributed by atoms with Gasteiger partial charge in [0, 0.05) is 18.7 Å². The summed E-state index contributed by atoms with van der Waals surface area (Å²) in [5.41, 5.74) is 0.825. The topological polar surface area (TPSA) is 41.6 Å². The van der Waals surface area contributed by atoms with Crippen LogP contribution in [0.25, 0.3) is 0 Å². The number of alkyl halides is 2. The number of nitrogens with zero attached hydrogens (tertiary/aromatic N) is 1. The molecule has 4 nitrogen and oxygen atoms in total. The quantitative estimate of drug-likeness (QED) is 0.625. The van der Waals surface area contributed by atoms with E-state index in [2.05, 4.69) is 5.32 Å². The lowest BCUT2D eigenvalue weighted by molar-refractivity contribution is -0.130. The standard InChI is InChI=1S/C22H28F2N2O2/c1-3-13-26(4-2)21(27)15-25-17-22(23,24)19-11-8-12-20(14-19)28-16-18-9-6-5-7-10-18/h5-12,14,25H,3-4,13,15-17H2,1-2H3. The normalized spacial score (nSPS) is 11.3. The highest BCUT2D eigenvalue weighted by atomic mass is 19.3. The first-order valence-corrected chi connectivity index (χ1v) is 9.59. The fourth-order valence-electron chi connectivity index (χ4n) is 2.82. The third-order valence-corrected chi connectivity index (χ3v) is 4.36. The van der Waals surface area contributed by atoms with Crippen molar-refractivity contribution in [3.05, 3.63) is 65.7 Å². The Bertz CT molecular complexity index is 738. The highest BCUT2D eigenvalue weighted by Crippen LogP contribution is 2.30. The Balaban J connectivity index is 1.90. The van der Waals surface area contributed by atoms with Gasteiger partial charge in [-0.2, -0.15) is 8.78 Å². The van der Waals surface area contributed by atoms with E-state index >= 15 is 0 Å². The first-order valence-electron chi connectivity index (χ1n) is 9.59. The third kappa shape index (κ3) is 6.60. The Morgan fingerprint density at radius 2 is 1.86 bits per heavy atom. The molecule has 2 rings (SSSR count). The van der Waals surface area contributed by atoms with Crippen LogP contribution in [-0.2, 0) is 17.3 Å². The van der Waals surface area contributed by atoms with Crippen LogP contribution in [0, 0.1) is 0 Å². The minimum atomic E-state index is -3.10. The van der Waals surface area contributed by atoms with E-state index in [9.17, 15) is 13.6 Å². The van der Waals surface area contributed by atoms with Crippen molar-refractivity contribution in [3.63, 3.8) is 0 Å². The van der Waals surface area contributed by atoms with Gasteiger partial charge in [0.2, 0.25) is 5.91 Å². The molecular formula is C22H28F2N2O2. The Morgan fingerprint density at radius 3 is 2.54 bits per heavy atom. The highest BCUT2D eigenvalue weighted by Gasteiger charge is 2.31. The molecule has 0 aliphatic rings. The number of amides is 1. The van der Waals surface area contributed by atoms with Crippen LogP contribution in [0.15, 0.2) is 54.6 Å². The molecule has 2 aromatic carbocycles. The number of halogens is 2. The van der Waals surface area contributed by atoms with E-state index in [4.69, 9.17) is 4.74 Å². The molecule has 0 aliphatic heterocycles. The van der Waals surface area contributed by atoms with E-state index in [0.29, 0.717) is 25.4 Å². The van der Waals surface area contributed by atoms with Gasteiger partial charge in [0.15, 0.2) is 0 Å². The van der Waals surface area contributed by atoms with E-state index in [1.54, 1.807) is 17.0 Å². The number of carbonyl (C=O) groups excluding carboxylic acids is 1. The Kier molecular flexibility index (Phi) is 8.39. The molecule has 0 unspecified atom stereocenters. The third-order valence-electron chi connectivity index (χ3n) is 4.36. The zero-order valence-corrected chi connectivity index (χ0v) is 16.5. The molecule has 1 amide bonds. The summed E-state index contributed by atoms with van der Waals surface area (Å²) in [7, 11) is 0. The van der Waals surface area contributed by atoms with Gasteiger partial charge < -0.3 is 15.0 Å². The zero-order chi connectivity index (χ0) is 20.4. The molecule has 0 heterocycles. The maximum Gasteiger partial charge on any atom is 0.285 e. The molecule has 6 heteroatoms. The minimum Gasteiger partial charge on any atom is -0.489 e. The van der Waals surface area contributed by atoms with Crippen molar-refractivity contribution in [2.75, 3.05) is 26.2 Å². The first kappa shape index (κ1) is 21.8. The summed E-state index contributed by atoms with van der Waals surface area (Å²) in [5, 5.41) is 2.59. The minimum absolute atomic E-state index is 0.104. The molecule has 0 spiro atoms. The van der Waals surface area contributed by atoms with Crippen LogP contribution in [0.2, 0.25) is 0 Å². The van der Waals surface area contributed by atoms with Gasteiger partial charge in [0.05, 0.1) is 13.1 Å². The lowest BCUT2D eigenvalue weighted by Gasteiger charge is -2.22. The molecule has 0 bridgehead atoms. The largest absolute Gasteiger partial charge is 0.489 e. The second-order valence-electron chi connectivity index (χ2n) is 6.58. The van der Waals surface area contributed by atoms with Gasteiger partial charge >= 0.3 is 0 Å². The SMILES string of the molecule is CCCN(CC)C(=O)CNCC(F)(F)c1cccc(OCc2ccccc2)c1. The van der Waals surface area contributed by atoms with Crippen LogP contribution < -0.4 is 10.1 Å². The van der Waals surface area contributed by atoms with Crippen LogP contribution in [-0.4, -0.2) is 37.0 Å². The number of likely N-dealkylation sites (N-methyl/N-ethyl adjacent to an activating group) is 1. The number of rotatable bonds is 11. The number of benzene rings is 2. The molecule has 0 fully saturated rings. The lowest BCUT2D eigenvalue weighted by Crippen LogP contribution is -2.41. The predicted octanol–water partition coefficient (Wildman–Crippen LogP) is 4.21. The monoisotopic (exact) mass is 390 g/mol. The Morgan fingerprint density at radius 1 is 1.11 bits per heavy atom. The van der Waals surface area contributed by atoms with Crippen LogP contribution in [0.3, 0.4) is 0 Å². The molecular weight excluding hydrogens is 362 g/mol. The molecule has 0 radical (unpaired) electrons. The van der Waals surface area contributed by atoms with Crippen molar-refractivity contribution in [3.8, 4) is 5.75 Å². The lowest BCUT2D eigenvalue weighted by atomic mass is 10.1. The van der Waals surface area contributed by atoms with Gasteiger partial charge in [-0.25, -0.2) is 0 Å². The molecule has 0 saturated heterocycles. The molecule has 0 aliphatic carbocycles. The fourth-order valence-corrected chi connectivity index (χ4v) is 2.82. The van der Waals surface area contributed by atoms with Crippen molar-refractivity contribution in [1.29, 1.82) is 0 Å². The van der Waals surface area contributed by atoms with Gasteiger partial charge in [-0.3, -0.25) is 4.79 Å². The molecule has 0 aromatic heterocycles. The maximum absolute atomic E-state index is 14.5. The molecule has 152 valence electrons. The average molecular weight is 390 g/mol. The zero-order valence-electron chi connectivity index (χ0n) is 16.5. The van der Waals surface area contributed by atoms with Gasteiger partial charge in [-0.15, -0.1) is 0 Å². The summed E-state index contributed by atoms with van der Waals surface area (Å²) in [6, 6.07) is 15.5. The van der Waals surface area contributed by atoms with Gasteiger partial charge in [-0.05, 0) is 31.0 Å². The van der Waals surface area contributed by atoms with Crippen LogP contribution >= 0.6 is 0 Å². The van der Waals surface area contributed by atoms with Gasteiger partial charge in [0.25, 0.3) is 5.92 Å². The molecule has 0 saturated carbocycles. The number of hydrogen-bond acceptors (Lipinski definition) is 3. The maximum atomic E-state index is 14.5. The number of hydrogen-bond donors (Lipinski definition) is 1. The second-order valence-corrected chi connectivity index (χ2v) is 6.58. The highest BCUT2D eigenvalue weighted by molar-refractivity contribution is 5.78. The summed E-state index contributed by atoms with van der Waals surface area (Å²) >= 11 is 0. The molecule has 2 aromatic rings.